The zero-order valence-corrected chi connectivity index (χ0v) is 11.1. The summed E-state index contributed by atoms with van der Waals surface area (Å²) in [7, 11) is 0. The highest BCUT2D eigenvalue weighted by Crippen LogP contribution is 2.12. The van der Waals surface area contributed by atoms with Crippen LogP contribution in [-0.4, -0.2) is 15.8 Å². The average molecular weight is 277 g/mol. The summed E-state index contributed by atoms with van der Waals surface area (Å²) >= 11 is 5.80. The monoisotopic (exact) mass is 276 g/mol. The number of rotatable bonds is 4. The molecule has 1 heterocycles. The van der Waals surface area contributed by atoms with Crippen molar-refractivity contribution in [3.63, 3.8) is 0 Å². The molecule has 0 spiro atoms. The fourth-order valence-corrected chi connectivity index (χ4v) is 1.60. The van der Waals surface area contributed by atoms with Crippen molar-refractivity contribution < 1.29 is 4.74 Å². The summed E-state index contributed by atoms with van der Waals surface area (Å²) in [6.07, 6.45) is 0. The van der Waals surface area contributed by atoms with Crippen LogP contribution in [0.15, 0.2) is 30.3 Å². The molecule has 3 N–H and O–H groups in total. The van der Waals surface area contributed by atoms with E-state index in [-0.39, 0.29) is 11.8 Å². The van der Waals surface area contributed by atoms with E-state index in [0.29, 0.717) is 23.0 Å². The number of nitrogen functional groups attached to an aromatic ring is 1. The summed E-state index contributed by atoms with van der Waals surface area (Å²) in [6.45, 7) is 2.13. The van der Waals surface area contributed by atoms with Gasteiger partial charge in [-0.3, -0.25) is 5.41 Å². The molecule has 2 aromatic rings. The van der Waals surface area contributed by atoms with Crippen LogP contribution in [0.4, 0.5) is 0 Å². The first kappa shape index (κ1) is 13.3. The Morgan fingerprint density at radius 2 is 2.00 bits per heavy atom. The van der Waals surface area contributed by atoms with Crippen LogP contribution in [0.1, 0.15) is 17.0 Å². The molecule has 1 aromatic heterocycles. The number of aromatic nitrogens is 2. The summed E-state index contributed by atoms with van der Waals surface area (Å²) in [5, 5.41) is 8.04. The Kier molecular flexibility index (Phi) is 3.97. The summed E-state index contributed by atoms with van der Waals surface area (Å²) in [5.74, 6) is -0.109. The van der Waals surface area contributed by atoms with Gasteiger partial charge < -0.3 is 10.5 Å². The van der Waals surface area contributed by atoms with Gasteiger partial charge in [-0.05, 0) is 30.7 Å². The second kappa shape index (κ2) is 5.67. The van der Waals surface area contributed by atoms with E-state index in [1.54, 1.807) is 25.1 Å². The Labute approximate surface area is 115 Å². The Hall–Kier alpha value is -2.14. The first-order chi connectivity index (χ1) is 9.04. The lowest BCUT2D eigenvalue weighted by Gasteiger charge is -2.07. The standard InChI is InChI=1S/C13H13ClN4O/c1-8-6-11(12(15)16)18-13(17-8)19-7-9-2-4-10(14)5-3-9/h2-6H,7H2,1H3,(H3,15,16). The molecule has 0 bridgehead atoms. The van der Waals surface area contributed by atoms with Gasteiger partial charge >= 0.3 is 6.01 Å². The van der Waals surface area contributed by atoms with Crippen molar-refractivity contribution >= 4 is 17.4 Å². The lowest BCUT2D eigenvalue weighted by atomic mass is 10.2. The molecule has 0 saturated carbocycles. The number of ether oxygens (including phenoxy) is 1. The third kappa shape index (κ3) is 3.66. The van der Waals surface area contributed by atoms with E-state index in [0.717, 1.165) is 5.56 Å². The molecule has 0 aliphatic rings. The van der Waals surface area contributed by atoms with Gasteiger partial charge in [0, 0.05) is 10.7 Å². The zero-order chi connectivity index (χ0) is 13.8. The van der Waals surface area contributed by atoms with Gasteiger partial charge in [-0.1, -0.05) is 23.7 Å². The number of benzene rings is 1. The summed E-state index contributed by atoms with van der Waals surface area (Å²) in [6, 6.07) is 9.16. The molecule has 0 amide bonds. The number of halogens is 1. The number of hydrogen-bond acceptors (Lipinski definition) is 4. The molecule has 0 aliphatic carbocycles. The highest BCUT2D eigenvalue weighted by molar-refractivity contribution is 6.30. The molecule has 0 atom stereocenters. The molecule has 0 fully saturated rings. The molecule has 5 nitrogen and oxygen atoms in total. The van der Waals surface area contributed by atoms with Crippen LogP contribution < -0.4 is 10.5 Å². The third-order valence-electron chi connectivity index (χ3n) is 2.39. The topological polar surface area (TPSA) is 84.9 Å². The fraction of sp³-hybridized carbons (Fsp3) is 0.154. The van der Waals surface area contributed by atoms with Crippen LogP contribution in [0.2, 0.25) is 5.02 Å². The second-order valence-electron chi connectivity index (χ2n) is 4.01. The molecule has 19 heavy (non-hydrogen) atoms. The smallest absolute Gasteiger partial charge is 0.317 e. The van der Waals surface area contributed by atoms with E-state index in [9.17, 15) is 0 Å². The molecular weight excluding hydrogens is 264 g/mol. The van der Waals surface area contributed by atoms with Crippen LogP contribution in [0, 0.1) is 12.3 Å². The van der Waals surface area contributed by atoms with Gasteiger partial charge in [-0.15, -0.1) is 0 Å². The van der Waals surface area contributed by atoms with E-state index >= 15 is 0 Å². The lowest BCUT2D eigenvalue weighted by molar-refractivity contribution is 0.280. The number of amidine groups is 1. The zero-order valence-electron chi connectivity index (χ0n) is 10.4. The van der Waals surface area contributed by atoms with Crippen molar-refractivity contribution in [2.75, 3.05) is 0 Å². The molecule has 1 aromatic carbocycles. The van der Waals surface area contributed by atoms with Gasteiger partial charge in [0.25, 0.3) is 0 Å². The van der Waals surface area contributed by atoms with Crippen molar-refractivity contribution in [1.82, 2.24) is 9.97 Å². The Morgan fingerprint density at radius 3 is 2.63 bits per heavy atom. The molecule has 98 valence electrons. The summed E-state index contributed by atoms with van der Waals surface area (Å²) in [5.41, 5.74) is 7.42. The SMILES string of the molecule is Cc1cc(C(=N)N)nc(OCc2ccc(Cl)cc2)n1. The molecular formula is C13H13ClN4O. The number of hydrogen-bond donors (Lipinski definition) is 2. The number of nitrogens with one attached hydrogen (secondary N) is 1. The van der Waals surface area contributed by atoms with Gasteiger partial charge in [0.15, 0.2) is 0 Å². The first-order valence-electron chi connectivity index (χ1n) is 5.62. The molecule has 6 heteroatoms. The van der Waals surface area contributed by atoms with Crippen LogP contribution in [-0.2, 0) is 6.61 Å². The minimum absolute atomic E-state index is 0.109. The average Bonchev–Trinajstić information content (AvgIpc) is 2.37. The maximum Gasteiger partial charge on any atom is 0.317 e. The van der Waals surface area contributed by atoms with Gasteiger partial charge in [0.2, 0.25) is 0 Å². The van der Waals surface area contributed by atoms with E-state index in [1.165, 1.54) is 0 Å². The lowest BCUT2D eigenvalue weighted by Crippen LogP contribution is -2.15. The fourth-order valence-electron chi connectivity index (χ4n) is 1.47. The minimum Gasteiger partial charge on any atom is -0.459 e. The largest absolute Gasteiger partial charge is 0.459 e. The van der Waals surface area contributed by atoms with Gasteiger partial charge in [0.1, 0.15) is 18.1 Å². The van der Waals surface area contributed by atoms with Crippen molar-refractivity contribution in [3.8, 4) is 6.01 Å². The normalized spacial score (nSPS) is 10.2. The van der Waals surface area contributed by atoms with Crippen LogP contribution in [0.5, 0.6) is 6.01 Å². The molecule has 0 unspecified atom stereocenters. The highest BCUT2D eigenvalue weighted by Gasteiger charge is 2.06. The van der Waals surface area contributed by atoms with Crippen molar-refractivity contribution in [2.24, 2.45) is 5.73 Å². The maximum atomic E-state index is 7.37. The molecule has 0 radical (unpaired) electrons. The van der Waals surface area contributed by atoms with E-state index in [4.69, 9.17) is 27.5 Å². The number of nitrogens with two attached hydrogens (primary N) is 1. The Balaban J connectivity index is 2.11. The third-order valence-corrected chi connectivity index (χ3v) is 2.64. The summed E-state index contributed by atoms with van der Waals surface area (Å²) in [4.78, 5) is 8.19. The number of aryl methyl sites for hydroxylation is 1. The van der Waals surface area contributed by atoms with Crippen molar-refractivity contribution in [2.45, 2.75) is 13.5 Å². The predicted molar refractivity (Wildman–Crippen MR) is 73.6 cm³/mol. The second-order valence-corrected chi connectivity index (χ2v) is 4.44. The van der Waals surface area contributed by atoms with Crippen molar-refractivity contribution in [1.29, 1.82) is 5.41 Å². The Morgan fingerprint density at radius 1 is 1.32 bits per heavy atom. The van der Waals surface area contributed by atoms with Gasteiger partial charge in [-0.2, -0.15) is 4.98 Å². The molecule has 0 saturated heterocycles. The van der Waals surface area contributed by atoms with E-state index in [2.05, 4.69) is 9.97 Å². The van der Waals surface area contributed by atoms with Gasteiger partial charge in [0.05, 0.1) is 0 Å². The quantitative estimate of drug-likeness (QED) is 0.663. The molecule has 2 rings (SSSR count). The van der Waals surface area contributed by atoms with Gasteiger partial charge in [-0.25, -0.2) is 4.98 Å². The number of nitrogens with zero attached hydrogens (tertiary/aromatic N) is 2. The van der Waals surface area contributed by atoms with Crippen LogP contribution >= 0.6 is 11.6 Å². The van der Waals surface area contributed by atoms with Crippen molar-refractivity contribution in [3.05, 3.63) is 52.3 Å². The highest BCUT2D eigenvalue weighted by atomic mass is 35.5. The van der Waals surface area contributed by atoms with E-state index < -0.39 is 0 Å². The van der Waals surface area contributed by atoms with Crippen LogP contribution in [0.25, 0.3) is 0 Å². The minimum atomic E-state index is -0.109. The first-order valence-corrected chi connectivity index (χ1v) is 6.00. The van der Waals surface area contributed by atoms with Crippen LogP contribution in [0.3, 0.4) is 0 Å². The molecule has 0 aliphatic heterocycles. The predicted octanol–water partition coefficient (Wildman–Crippen LogP) is 2.30. The Bertz CT molecular complexity index is 598. The summed E-state index contributed by atoms with van der Waals surface area (Å²) < 4.78 is 5.49. The maximum absolute atomic E-state index is 7.37. The van der Waals surface area contributed by atoms with E-state index in [1.807, 2.05) is 12.1 Å².